The number of rotatable bonds is 4. The minimum absolute atomic E-state index is 0.691. The molecule has 1 N–H and O–H groups in total. The molecule has 5 heteroatoms. The Morgan fingerprint density at radius 1 is 1.06 bits per heavy atom. The van der Waals surface area contributed by atoms with Crippen molar-refractivity contribution in [2.75, 3.05) is 5.32 Å². The first-order chi connectivity index (χ1) is 8.54. The summed E-state index contributed by atoms with van der Waals surface area (Å²) >= 11 is 1.33. The molecule has 18 heavy (non-hydrogen) atoms. The Hall–Kier alpha value is -1.49. The van der Waals surface area contributed by atoms with E-state index in [4.69, 9.17) is 0 Å². The van der Waals surface area contributed by atoms with Crippen LogP contribution in [0.3, 0.4) is 0 Å². The van der Waals surface area contributed by atoms with Gasteiger partial charge < -0.3 is 5.32 Å². The summed E-state index contributed by atoms with van der Waals surface area (Å²) in [5.74, 6) is 0. The summed E-state index contributed by atoms with van der Waals surface area (Å²) in [6, 6.07) is 11.7. The average Bonchev–Trinajstić information content (AvgIpc) is 2.81. The van der Waals surface area contributed by atoms with Crippen LogP contribution >= 0.6 is 11.3 Å². The largest absolute Gasteiger partial charge is 0.391 e. The zero-order valence-corrected chi connectivity index (χ0v) is 10.3. The third-order valence-electron chi connectivity index (χ3n) is 2.44. The molecule has 0 saturated heterocycles. The summed E-state index contributed by atoms with van der Waals surface area (Å²) in [4.78, 5) is 0.691. The van der Waals surface area contributed by atoms with Crippen molar-refractivity contribution in [3.63, 3.8) is 0 Å². The summed E-state index contributed by atoms with van der Waals surface area (Å²) in [6.07, 6.45) is -5.06. The van der Waals surface area contributed by atoms with E-state index in [0.717, 1.165) is 0 Å². The molecule has 1 heterocycles. The van der Waals surface area contributed by atoms with Crippen molar-refractivity contribution in [3.8, 4) is 0 Å². The number of alkyl halides is 3. The smallest absolute Gasteiger partial charge is 0.377 e. The monoisotopic (exact) mass is 271 g/mol. The first-order valence-corrected chi connectivity index (χ1v) is 6.34. The average molecular weight is 271 g/mol. The maximum atomic E-state index is 12.6. The van der Waals surface area contributed by atoms with Gasteiger partial charge in [0.15, 0.2) is 0 Å². The molecule has 1 unspecified atom stereocenters. The van der Waals surface area contributed by atoms with E-state index in [2.05, 4.69) is 5.32 Å². The van der Waals surface area contributed by atoms with E-state index in [1.165, 1.54) is 11.3 Å². The molecule has 1 atom stereocenters. The Balaban J connectivity index is 2.15. The number of para-hydroxylation sites is 1. The lowest BCUT2D eigenvalue weighted by atomic mass is 10.1. The number of thiophene rings is 1. The fraction of sp³-hybridized carbons (Fsp3) is 0.231. The van der Waals surface area contributed by atoms with Gasteiger partial charge in [-0.05, 0) is 23.6 Å². The Morgan fingerprint density at radius 3 is 2.33 bits per heavy atom. The van der Waals surface area contributed by atoms with Gasteiger partial charge in [0, 0.05) is 10.6 Å². The first kappa shape index (κ1) is 13.0. The molecule has 2 rings (SSSR count). The third-order valence-corrected chi connectivity index (χ3v) is 3.42. The Bertz CT molecular complexity index is 465. The van der Waals surface area contributed by atoms with Gasteiger partial charge in [-0.25, -0.2) is 0 Å². The van der Waals surface area contributed by atoms with Crippen molar-refractivity contribution in [1.82, 2.24) is 0 Å². The van der Waals surface area contributed by atoms with E-state index in [9.17, 15) is 13.2 Å². The van der Waals surface area contributed by atoms with Crippen LogP contribution in [0.25, 0.3) is 0 Å². The molecule has 0 aliphatic rings. The van der Waals surface area contributed by atoms with E-state index in [1.807, 2.05) is 6.07 Å². The van der Waals surface area contributed by atoms with Crippen molar-refractivity contribution >= 4 is 17.0 Å². The fourth-order valence-corrected chi connectivity index (χ4v) is 2.46. The maximum Gasteiger partial charge on any atom is 0.391 e. The molecule has 1 aromatic heterocycles. The number of hydrogen-bond acceptors (Lipinski definition) is 2. The highest BCUT2D eigenvalue weighted by Crippen LogP contribution is 2.33. The third kappa shape index (κ3) is 3.77. The Morgan fingerprint density at radius 2 is 1.78 bits per heavy atom. The summed E-state index contributed by atoms with van der Waals surface area (Å²) in [5, 5.41) is 4.71. The summed E-state index contributed by atoms with van der Waals surface area (Å²) in [6.45, 7) is 0. The molecule has 1 nitrogen and oxygen atoms in total. The zero-order chi connectivity index (χ0) is 13.0. The van der Waals surface area contributed by atoms with Crippen molar-refractivity contribution in [2.45, 2.75) is 18.6 Å². The summed E-state index contributed by atoms with van der Waals surface area (Å²) in [5.41, 5.74) is 0.695. The van der Waals surface area contributed by atoms with Gasteiger partial charge in [-0.15, -0.1) is 11.3 Å². The number of benzene rings is 1. The first-order valence-electron chi connectivity index (χ1n) is 5.46. The number of anilines is 1. The normalized spacial score (nSPS) is 13.3. The van der Waals surface area contributed by atoms with Crippen molar-refractivity contribution in [3.05, 3.63) is 52.7 Å². The predicted octanol–water partition coefficient (Wildman–Crippen LogP) is 4.85. The highest BCUT2D eigenvalue weighted by atomic mass is 32.1. The topological polar surface area (TPSA) is 12.0 Å². The summed E-state index contributed by atoms with van der Waals surface area (Å²) < 4.78 is 37.7. The van der Waals surface area contributed by atoms with Crippen LogP contribution in [-0.4, -0.2) is 6.18 Å². The molecule has 0 fully saturated rings. The van der Waals surface area contributed by atoms with Gasteiger partial charge >= 0.3 is 6.18 Å². The molecule has 2 aromatic rings. The number of halogens is 3. The molecule has 0 aliphatic heterocycles. The lowest BCUT2D eigenvalue weighted by Crippen LogP contribution is -2.19. The SMILES string of the molecule is FC(F)(F)CC(Nc1ccccc1)c1cccs1. The second-order valence-corrected chi connectivity index (χ2v) is 4.88. The second kappa shape index (κ2) is 5.44. The van der Waals surface area contributed by atoms with Gasteiger partial charge in [0.2, 0.25) is 0 Å². The highest BCUT2D eigenvalue weighted by molar-refractivity contribution is 7.10. The second-order valence-electron chi connectivity index (χ2n) is 3.90. The molecule has 0 bridgehead atoms. The van der Waals surface area contributed by atoms with Crippen LogP contribution in [0.2, 0.25) is 0 Å². The van der Waals surface area contributed by atoms with Gasteiger partial charge in [-0.3, -0.25) is 0 Å². The van der Waals surface area contributed by atoms with Crippen molar-refractivity contribution in [1.29, 1.82) is 0 Å². The molecular formula is C13H12F3NS. The van der Waals surface area contributed by atoms with Gasteiger partial charge in [0.1, 0.15) is 0 Å². The van der Waals surface area contributed by atoms with Gasteiger partial charge in [0.05, 0.1) is 12.5 Å². The molecule has 0 amide bonds. The van der Waals surface area contributed by atoms with E-state index in [1.54, 1.807) is 41.8 Å². The minimum Gasteiger partial charge on any atom is -0.377 e. The van der Waals surface area contributed by atoms with E-state index >= 15 is 0 Å². The van der Waals surface area contributed by atoms with Crippen LogP contribution in [-0.2, 0) is 0 Å². The van der Waals surface area contributed by atoms with Gasteiger partial charge in [0.25, 0.3) is 0 Å². The summed E-state index contributed by atoms with van der Waals surface area (Å²) in [7, 11) is 0. The lowest BCUT2D eigenvalue weighted by molar-refractivity contribution is -0.137. The molecular weight excluding hydrogens is 259 g/mol. The standard InChI is InChI=1S/C13H12F3NS/c14-13(15,16)9-11(12-7-4-8-18-12)17-10-5-2-1-3-6-10/h1-8,11,17H,9H2. The molecule has 0 aliphatic carbocycles. The quantitative estimate of drug-likeness (QED) is 0.837. The lowest BCUT2D eigenvalue weighted by Gasteiger charge is -2.20. The molecule has 0 spiro atoms. The van der Waals surface area contributed by atoms with Gasteiger partial charge in [-0.1, -0.05) is 24.3 Å². The van der Waals surface area contributed by atoms with E-state index in [0.29, 0.717) is 10.6 Å². The zero-order valence-electron chi connectivity index (χ0n) is 9.45. The number of hydrogen-bond donors (Lipinski definition) is 1. The Labute approximate surface area is 107 Å². The van der Waals surface area contributed by atoms with Crippen LogP contribution in [0, 0.1) is 0 Å². The van der Waals surface area contributed by atoms with Crippen LogP contribution < -0.4 is 5.32 Å². The van der Waals surface area contributed by atoms with Crippen LogP contribution in [0.4, 0.5) is 18.9 Å². The molecule has 0 radical (unpaired) electrons. The van der Waals surface area contributed by atoms with Crippen LogP contribution in [0.1, 0.15) is 17.3 Å². The van der Waals surface area contributed by atoms with E-state index in [-0.39, 0.29) is 0 Å². The van der Waals surface area contributed by atoms with Crippen LogP contribution in [0.15, 0.2) is 47.8 Å². The fourth-order valence-electron chi connectivity index (χ4n) is 1.68. The highest BCUT2D eigenvalue weighted by Gasteiger charge is 2.33. The molecule has 0 saturated carbocycles. The van der Waals surface area contributed by atoms with Crippen molar-refractivity contribution < 1.29 is 13.2 Å². The molecule has 1 aromatic carbocycles. The van der Waals surface area contributed by atoms with E-state index < -0.39 is 18.6 Å². The maximum absolute atomic E-state index is 12.6. The predicted molar refractivity (Wildman–Crippen MR) is 67.8 cm³/mol. The number of nitrogens with one attached hydrogen (secondary N) is 1. The van der Waals surface area contributed by atoms with Crippen molar-refractivity contribution in [2.24, 2.45) is 0 Å². The molecule has 96 valence electrons. The van der Waals surface area contributed by atoms with Crippen LogP contribution in [0.5, 0.6) is 0 Å². The minimum atomic E-state index is -4.18. The Kier molecular flexibility index (Phi) is 3.91. The van der Waals surface area contributed by atoms with Gasteiger partial charge in [-0.2, -0.15) is 13.2 Å².